The van der Waals surface area contributed by atoms with Crippen LogP contribution in [0, 0.1) is 5.82 Å². The van der Waals surface area contributed by atoms with Crippen LogP contribution in [0.2, 0.25) is 0 Å². The van der Waals surface area contributed by atoms with E-state index in [1.165, 1.54) is 40.9 Å². The van der Waals surface area contributed by atoms with E-state index in [0.29, 0.717) is 15.5 Å². The predicted molar refractivity (Wildman–Crippen MR) is 96.4 cm³/mol. The summed E-state index contributed by atoms with van der Waals surface area (Å²) in [6.07, 6.45) is 5.98. The number of fused-ring (bicyclic) bond motifs is 1. The number of thiazole rings is 1. The summed E-state index contributed by atoms with van der Waals surface area (Å²) in [6.45, 7) is 0.192. The van der Waals surface area contributed by atoms with Crippen LogP contribution in [0.3, 0.4) is 0 Å². The van der Waals surface area contributed by atoms with E-state index in [2.05, 4.69) is 19.9 Å². The number of rotatable bonds is 4. The number of carbonyl (C=O) groups is 1. The van der Waals surface area contributed by atoms with Crippen LogP contribution in [0.4, 0.5) is 9.52 Å². The van der Waals surface area contributed by atoms with Crippen LogP contribution < -0.4 is 4.90 Å². The normalized spacial score (nSPS) is 10.8. The van der Waals surface area contributed by atoms with Gasteiger partial charge in [-0.15, -0.1) is 0 Å². The molecule has 0 N–H and O–H groups in total. The van der Waals surface area contributed by atoms with Crippen molar-refractivity contribution in [2.45, 2.75) is 6.54 Å². The highest BCUT2D eigenvalue weighted by Crippen LogP contribution is 2.31. The van der Waals surface area contributed by atoms with Crippen molar-refractivity contribution in [2.75, 3.05) is 4.90 Å². The van der Waals surface area contributed by atoms with Crippen molar-refractivity contribution >= 4 is 32.6 Å². The molecule has 0 aliphatic heterocycles. The number of amides is 1. The zero-order chi connectivity index (χ0) is 17.9. The lowest BCUT2D eigenvalue weighted by Crippen LogP contribution is -2.31. The first-order chi connectivity index (χ1) is 12.7. The average Bonchev–Trinajstić information content (AvgIpc) is 3.12. The van der Waals surface area contributed by atoms with Gasteiger partial charge in [-0.2, -0.15) is 0 Å². The molecule has 0 fully saturated rings. The highest BCUT2D eigenvalue weighted by molar-refractivity contribution is 7.22. The zero-order valence-corrected chi connectivity index (χ0v) is 14.2. The minimum Gasteiger partial charge on any atom is -0.276 e. The van der Waals surface area contributed by atoms with E-state index in [-0.39, 0.29) is 23.7 Å². The van der Waals surface area contributed by atoms with E-state index in [9.17, 15) is 9.18 Å². The van der Waals surface area contributed by atoms with Gasteiger partial charge in [0.05, 0.1) is 23.1 Å². The molecule has 0 aliphatic rings. The molecule has 3 heterocycles. The molecule has 4 rings (SSSR count). The Bertz CT molecular complexity index is 1060. The number of halogens is 1. The van der Waals surface area contributed by atoms with E-state index in [4.69, 9.17) is 0 Å². The van der Waals surface area contributed by atoms with Crippen LogP contribution >= 0.6 is 11.3 Å². The Morgan fingerprint density at radius 1 is 1.08 bits per heavy atom. The van der Waals surface area contributed by atoms with Crippen molar-refractivity contribution in [3.8, 4) is 0 Å². The fourth-order valence-corrected chi connectivity index (χ4v) is 3.42. The van der Waals surface area contributed by atoms with Crippen LogP contribution in [0.5, 0.6) is 0 Å². The lowest BCUT2D eigenvalue weighted by Gasteiger charge is -2.18. The first kappa shape index (κ1) is 16.2. The van der Waals surface area contributed by atoms with Crippen molar-refractivity contribution < 1.29 is 9.18 Å². The lowest BCUT2D eigenvalue weighted by atomic mass is 10.3. The highest BCUT2D eigenvalue weighted by atomic mass is 32.1. The molecule has 0 saturated heterocycles. The Kier molecular flexibility index (Phi) is 4.32. The molecule has 128 valence electrons. The molecular formula is C18H12FN5OS. The third-order valence-corrected chi connectivity index (χ3v) is 4.71. The molecule has 1 aromatic carbocycles. The maximum absolute atomic E-state index is 14.0. The summed E-state index contributed by atoms with van der Waals surface area (Å²) in [7, 11) is 0. The molecule has 0 bridgehead atoms. The second-order valence-corrected chi connectivity index (χ2v) is 6.40. The van der Waals surface area contributed by atoms with E-state index in [1.54, 1.807) is 24.4 Å². The van der Waals surface area contributed by atoms with Gasteiger partial charge >= 0.3 is 0 Å². The van der Waals surface area contributed by atoms with Crippen LogP contribution in [0.1, 0.15) is 16.2 Å². The van der Waals surface area contributed by atoms with Gasteiger partial charge in [-0.25, -0.2) is 14.4 Å². The van der Waals surface area contributed by atoms with Gasteiger partial charge < -0.3 is 0 Å². The van der Waals surface area contributed by atoms with Gasteiger partial charge in [-0.1, -0.05) is 23.5 Å². The molecule has 6 nitrogen and oxygen atoms in total. The number of pyridine rings is 1. The van der Waals surface area contributed by atoms with Crippen molar-refractivity contribution in [3.63, 3.8) is 0 Å². The molecule has 0 saturated carbocycles. The van der Waals surface area contributed by atoms with E-state index < -0.39 is 5.82 Å². The molecule has 8 heteroatoms. The summed E-state index contributed by atoms with van der Waals surface area (Å²) in [5.74, 6) is -0.794. The van der Waals surface area contributed by atoms with Crippen molar-refractivity contribution in [2.24, 2.45) is 0 Å². The van der Waals surface area contributed by atoms with Crippen molar-refractivity contribution in [1.82, 2.24) is 19.9 Å². The Morgan fingerprint density at radius 2 is 2.00 bits per heavy atom. The molecular weight excluding hydrogens is 353 g/mol. The van der Waals surface area contributed by atoms with Gasteiger partial charge in [0.2, 0.25) is 0 Å². The van der Waals surface area contributed by atoms with Gasteiger partial charge in [-0.05, 0) is 24.3 Å². The maximum Gasteiger partial charge on any atom is 0.280 e. The minimum absolute atomic E-state index is 0.183. The quantitative estimate of drug-likeness (QED) is 0.554. The molecule has 0 spiro atoms. The van der Waals surface area contributed by atoms with Gasteiger partial charge in [0, 0.05) is 18.6 Å². The molecule has 0 aliphatic carbocycles. The summed E-state index contributed by atoms with van der Waals surface area (Å²) < 4.78 is 14.7. The number of aromatic nitrogens is 4. The SMILES string of the molecule is O=C(c1cnccn1)N(Cc1ccccn1)c1nc2c(F)cccc2s1. The Balaban J connectivity index is 1.78. The summed E-state index contributed by atoms with van der Waals surface area (Å²) in [6, 6.07) is 10.2. The summed E-state index contributed by atoms with van der Waals surface area (Å²) in [5, 5.41) is 0.381. The standard InChI is InChI=1S/C18H12FN5OS/c19-13-5-3-6-15-16(13)23-18(26-15)24(11-12-4-1-2-7-21-12)17(25)14-10-20-8-9-22-14/h1-10H,11H2. The molecule has 4 aromatic rings. The Labute approximate surface area is 152 Å². The molecule has 3 aromatic heterocycles. The van der Waals surface area contributed by atoms with Gasteiger partial charge in [0.15, 0.2) is 5.13 Å². The number of hydrogen-bond donors (Lipinski definition) is 0. The summed E-state index contributed by atoms with van der Waals surface area (Å²) in [4.78, 5) is 31.0. The summed E-state index contributed by atoms with van der Waals surface area (Å²) in [5.41, 5.74) is 1.11. The van der Waals surface area contributed by atoms with Crippen LogP contribution in [0.15, 0.2) is 61.2 Å². The predicted octanol–water partition coefficient (Wildman–Crippen LogP) is 3.47. The van der Waals surface area contributed by atoms with Gasteiger partial charge in [-0.3, -0.25) is 19.7 Å². The fourth-order valence-electron chi connectivity index (χ4n) is 2.45. The van der Waals surface area contributed by atoms with Crippen molar-refractivity contribution in [3.05, 3.63) is 78.4 Å². The third kappa shape index (κ3) is 3.14. The van der Waals surface area contributed by atoms with Crippen LogP contribution in [-0.4, -0.2) is 25.8 Å². The smallest absolute Gasteiger partial charge is 0.276 e. The second kappa shape index (κ2) is 6.93. The zero-order valence-electron chi connectivity index (χ0n) is 13.4. The Hall–Kier alpha value is -3.26. The first-order valence-electron chi connectivity index (χ1n) is 7.75. The van der Waals surface area contributed by atoms with Crippen LogP contribution in [0.25, 0.3) is 10.2 Å². The average molecular weight is 365 g/mol. The third-order valence-electron chi connectivity index (χ3n) is 3.66. The molecule has 0 radical (unpaired) electrons. The number of nitrogens with zero attached hydrogens (tertiary/aromatic N) is 5. The van der Waals surface area contributed by atoms with Crippen molar-refractivity contribution in [1.29, 1.82) is 0 Å². The van der Waals surface area contributed by atoms with E-state index >= 15 is 0 Å². The number of para-hydroxylation sites is 1. The summed E-state index contributed by atoms with van der Waals surface area (Å²) >= 11 is 1.24. The highest BCUT2D eigenvalue weighted by Gasteiger charge is 2.24. The topological polar surface area (TPSA) is 71.9 Å². The largest absolute Gasteiger partial charge is 0.280 e. The van der Waals surface area contributed by atoms with E-state index in [1.807, 2.05) is 12.1 Å². The maximum atomic E-state index is 14.0. The molecule has 0 atom stereocenters. The first-order valence-corrected chi connectivity index (χ1v) is 8.57. The molecule has 26 heavy (non-hydrogen) atoms. The van der Waals surface area contributed by atoms with E-state index in [0.717, 1.165) is 0 Å². The molecule has 0 unspecified atom stereocenters. The number of anilines is 1. The lowest BCUT2D eigenvalue weighted by molar-refractivity contribution is 0.0979. The number of benzene rings is 1. The fraction of sp³-hybridized carbons (Fsp3) is 0.0556. The number of hydrogen-bond acceptors (Lipinski definition) is 6. The second-order valence-electron chi connectivity index (χ2n) is 5.39. The Morgan fingerprint density at radius 3 is 2.73 bits per heavy atom. The minimum atomic E-state index is -0.422. The van der Waals surface area contributed by atoms with Gasteiger partial charge in [0.1, 0.15) is 17.0 Å². The molecule has 1 amide bonds. The number of carbonyl (C=O) groups excluding carboxylic acids is 1. The monoisotopic (exact) mass is 365 g/mol. The van der Waals surface area contributed by atoms with Crippen LogP contribution in [-0.2, 0) is 6.54 Å². The van der Waals surface area contributed by atoms with Gasteiger partial charge in [0.25, 0.3) is 5.91 Å².